The van der Waals surface area contributed by atoms with E-state index in [1.807, 2.05) is 35.2 Å². The van der Waals surface area contributed by atoms with Crippen LogP contribution >= 0.6 is 34.7 Å². The molecule has 0 spiro atoms. The molecule has 2 heterocycles. The topological polar surface area (TPSA) is 66.6 Å². The maximum Gasteiger partial charge on any atom is 0.255 e. The molecule has 26 heavy (non-hydrogen) atoms. The van der Waals surface area contributed by atoms with Crippen molar-refractivity contribution >= 4 is 46.5 Å². The summed E-state index contributed by atoms with van der Waals surface area (Å²) in [5.74, 6) is -0.211. The second-order valence-electron chi connectivity index (χ2n) is 6.03. The number of halogens is 1. The smallest absolute Gasteiger partial charge is 0.255 e. The molecule has 1 aromatic carbocycles. The van der Waals surface area contributed by atoms with Gasteiger partial charge in [-0.2, -0.15) is 0 Å². The summed E-state index contributed by atoms with van der Waals surface area (Å²) in [7, 11) is 0. The lowest BCUT2D eigenvalue weighted by Gasteiger charge is -2.34. The molecule has 1 saturated heterocycles. The Balaban J connectivity index is 1.59. The van der Waals surface area contributed by atoms with Crippen LogP contribution in [0.25, 0.3) is 0 Å². The number of thiophene rings is 1. The van der Waals surface area contributed by atoms with E-state index < -0.39 is 0 Å². The van der Waals surface area contributed by atoms with E-state index in [1.165, 1.54) is 16.6 Å². The van der Waals surface area contributed by atoms with Crippen LogP contribution in [-0.4, -0.2) is 53.5 Å². The Kier molecular flexibility index (Phi) is 6.58. The van der Waals surface area contributed by atoms with Crippen molar-refractivity contribution in [1.82, 2.24) is 9.80 Å². The van der Waals surface area contributed by atoms with Crippen LogP contribution in [0.4, 0.5) is 0 Å². The summed E-state index contributed by atoms with van der Waals surface area (Å²) >= 11 is 8.89. The van der Waals surface area contributed by atoms with Gasteiger partial charge in [0.25, 0.3) is 5.91 Å². The number of hydrogen-bond acceptors (Lipinski definition) is 5. The highest BCUT2D eigenvalue weighted by Gasteiger charge is 2.24. The van der Waals surface area contributed by atoms with Crippen LogP contribution in [-0.2, 0) is 11.3 Å². The lowest BCUT2D eigenvalue weighted by Crippen LogP contribution is -2.48. The van der Waals surface area contributed by atoms with E-state index in [-0.39, 0.29) is 17.6 Å². The molecule has 1 aliphatic heterocycles. The first-order chi connectivity index (χ1) is 12.5. The second kappa shape index (κ2) is 8.90. The molecule has 138 valence electrons. The van der Waals surface area contributed by atoms with E-state index in [1.54, 1.807) is 11.3 Å². The Hall–Kier alpha value is -1.54. The third-order valence-corrected chi connectivity index (χ3v) is 6.47. The Morgan fingerprint density at radius 2 is 1.85 bits per heavy atom. The summed E-state index contributed by atoms with van der Waals surface area (Å²) in [6.07, 6.45) is 0. The van der Waals surface area contributed by atoms with Crippen molar-refractivity contribution in [3.8, 4) is 0 Å². The van der Waals surface area contributed by atoms with Crippen molar-refractivity contribution in [2.24, 2.45) is 5.73 Å². The molecule has 5 nitrogen and oxygen atoms in total. The van der Waals surface area contributed by atoms with E-state index in [2.05, 4.69) is 11.0 Å². The predicted octanol–water partition coefficient (Wildman–Crippen LogP) is 2.94. The Morgan fingerprint density at radius 3 is 2.50 bits per heavy atom. The average Bonchev–Trinajstić information content (AvgIpc) is 3.05. The zero-order valence-corrected chi connectivity index (χ0v) is 16.6. The van der Waals surface area contributed by atoms with Crippen molar-refractivity contribution in [3.63, 3.8) is 0 Å². The van der Waals surface area contributed by atoms with Gasteiger partial charge in [-0.25, -0.2) is 0 Å². The summed E-state index contributed by atoms with van der Waals surface area (Å²) in [6, 6.07) is 11.4. The third kappa shape index (κ3) is 5.01. The van der Waals surface area contributed by atoms with Crippen LogP contribution in [0, 0.1) is 0 Å². The number of carbonyl (C=O) groups is 2. The molecule has 1 fully saturated rings. The number of nitrogens with zero attached hydrogens (tertiary/aromatic N) is 2. The summed E-state index contributed by atoms with van der Waals surface area (Å²) in [6.45, 7) is 3.90. The minimum absolute atomic E-state index is 0.0105. The fourth-order valence-corrected chi connectivity index (χ4v) is 4.77. The van der Waals surface area contributed by atoms with Gasteiger partial charge in [0.15, 0.2) is 0 Å². The van der Waals surface area contributed by atoms with Gasteiger partial charge in [0.2, 0.25) is 5.91 Å². The quantitative estimate of drug-likeness (QED) is 0.745. The Bertz CT molecular complexity index is 788. The van der Waals surface area contributed by atoms with E-state index in [4.69, 9.17) is 17.3 Å². The van der Waals surface area contributed by atoms with Crippen LogP contribution in [0.1, 0.15) is 15.2 Å². The maximum absolute atomic E-state index is 12.9. The number of primary amides is 1. The molecule has 0 unspecified atom stereocenters. The van der Waals surface area contributed by atoms with E-state index in [0.29, 0.717) is 18.7 Å². The van der Waals surface area contributed by atoms with Crippen molar-refractivity contribution in [3.05, 3.63) is 51.2 Å². The minimum Gasteiger partial charge on any atom is -0.369 e. The number of amides is 2. The fraction of sp³-hybridized carbons (Fsp3) is 0.333. The zero-order chi connectivity index (χ0) is 18.5. The van der Waals surface area contributed by atoms with Gasteiger partial charge in [0.1, 0.15) is 0 Å². The monoisotopic (exact) mass is 409 g/mol. The van der Waals surface area contributed by atoms with Crippen LogP contribution in [0.15, 0.2) is 41.3 Å². The summed E-state index contributed by atoms with van der Waals surface area (Å²) < 4.78 is 0.805. The number of hydrogen-bond donors (Lipinski definition) is 1. The van der Waals surface area contributed by atoms with E-state index in [0.717, 1.165) is 28.9 Å². The fourth-order valence-electron chi connectivity index (χ4n) is 2.85. The number of benzene rings is 1. The molecule has 1 aliphatic rings. The first-order valence-electron chi connectivity index (χ1n) is 8.29. The van der Waals surface area contributed by atoms with Gasteiger partial charge in [-0.1, -0.05) is 23.7 Å². The molecule has 3 rings (SSSR count). The van der Waals surface area contributed by atoms with Gasteiger partial charge in [-0.05, 0) is 24.3 Å². The van der Waals surface area contributed by atoms with Gasteiger partial charge in [-0.3, -0.25) is 14.5 Å². The predicted molar refractivity (Wildman–Crippen MR) is 107 cm³/mol. The third-order valence-electron chi connectivity index (χ3n) is 4.16. The van der Waals surface area contributed by atoms with Crippen LogP contribution in [0.2, 0.25) is 4.34 Å². The molecule has 0 saturated carbocycles. The Morgan fingerprint density at radius 1 is 1.12 bits per heavy atom. The first kappa shape index (κ1) is 19.2. The molecule has 2 amide bonds. The highest BCUT2D eigenvalue weighted by molar-refractivity contribution is 8.00. The number of carbonyl (C=O) groups excluding carboxylic acids is 2. The van der Waals surface area contributed by atoms with Gasteiger partial charge >= 0.3 is 0 Å². The van der Waals surface area contributed by atoms with Crippen molar-refractivity contribution in [2.75, 3.05) is 31.9 Å². The highest BCUT2D eigenvalue weighted by atomic mass is 35.5. The molecule has 0 atom stereocenters. The molecular weight excluding hydrogens is 390 g/mol. The summed E-state index contributed by atoms with van der Waals surface area (Å²) in [5, 5.41) is 0. The zero-order valence-electron chi connectivity index (χ0n) is 14.2. The normalized spacial score (nSPS) is 15.2. The maximum atomic E-state index is 12.9. The standard InChI is InChI=1S/C18H20ClN3O2S2/c19-16-6-5-13(26-16)11-21-7-9-22(10-8-21)18(24)14-3-1-2-4-15(14)25-12-17(20)23/h1-6H,7-12H2,(H2,20,23). The van der Waals surface area contributed by atoms with E-state index in [9.17, 15) is 9.59 Å². The molecule has 2 aromatic rings. The van der Waals surface area contributed by atoms with Gasteiger partial charge in [0, 0.05) is 42.5 Å². The lowest BCUT2D eigenvalue weighted by atomic mass is 10.2. The Labute approximate surface area is 166 Å². The van der Waals surface area contributed by atoms with Crippen molar-refractivity contribution in [1.29, 1.82) is 0 Å². The van der Waals surface area contributed by atoms with Crippen molar-refractivity contribution in [2.45, 2.75) is 11.4 Å². The molecule has 0 radical (unpaired) electrons. The number of piperazine rings is 1. The van der Waals surface area contributed by atoms with Crippen LogP contribution < -0.4 is 5.73 Å². The highest BCUT2D eigenvalue weighted by Crippen LogP contribution is 2.25. The largest absolute Gasteiger partial charge is 0.369 e. The number of thioether (sulfide) groups is 1. The number of rotatable bonds is 6. The lowest BCUT2D eigenvalue weighted by molar-refractivity contribution is -0.115. The van der Waals surface area contributed by atoms with Gasteiger partial charge in [-0.15, -0.1) is 23.1 Å². The van der Waals surface area contributed by atoms with Crippen LogP contribution in [0.3, 0.4) is 0 Å². The first-order valence-corrected chi connectivity index (χ1v) is 10.5. The van der Waals surface area contributed by atoms with Crippen LogP contribution in [0.5, 0.6) is 0 Å². The summed E-state index contributed by atoms with van der Waals surface area (Å²) in [5.41, 5.74) is 5.86. The summed E-state index contributed by atoms with van der Waals surface area (Å²) in [4.78, 5) is 30.2. The minimum atomic E-state index is -0.389. The average molecular weight is 410 g/mol. The van der Waals surface area contributed by atoms with Gasteiger partial charge < -0.3 is 10.6 Å². The SMILES string of the molecule is NC(=O)CSc1ccccc1C(=O)N1CCN(Cc2ccc(Cl)s2)CC1. The molecule has 0 aliphatic carbocycles. The molecule has 1 aromatic heterocycles. The molecule has 2 N–H and O–H groups in total. The van der Waals surface area contributed by atoms with Crippen molar-refractivity contribution < 1.29 is 9.59 Å². The number of nitrogens with two attached hydrogens (primary N) is 1. The van der Waals surface area contributed by atoms with Gasteiger partial charge in [0.05, 0.1) is 15.7 Å². The molecular formula is C18H20ClN3O2S2. The van der Waals surface area contributed by atoms with E-state index >= 15 is 0 Å². The molecule has 0 bridgehead atoms. The second-order valence-corrected chi connectivity index (χ2v) is 8.84. The molecule has 8 heteroatoms.